The van der Waals surface area contributed by atoms with Gasteiger partial charge in [-0.1, -0.05) is 31.0 Å². The first-order chi connectivity index (χ1) is 10.6. The number of aromatic nitrogens is 2. The van der Waals surface area contributed by atoms with Crippen LogP contribution in [0.1, 0.15) is 43.9 Å². The third kappa shape index (κ3) is 5.01. The van der Waals surface area contributed by atoms with Gasteiger partial charge in [-0.05, 0) is 12.8 Å². The summed E-state index contributed by atoms with van der Waals surface area (Å²) < 4.78 is 5.62. The van der Waals surface area contributed by atoms with Crippen molar-refractivity contribution in [1.82, 2.24) is 20.4 Å². The van der Waals surface area contributed by atoms with Crippen LogP contribution in [0.3, 0.4) is 0 Å². The Morgan fingerprint density at radius 3 is 2.68 bits per heavy atom. The van der Waals surface area contributed by atoms with Crippen molar-refractivity contribution in [3.63, 3.8) is 0 Å². The van der Waals surface area contributed by atoms with Gasteiger partial charge in [0.05, 0.1) is 12.3 Å². The molecule has 1 fully saturated rings. The maximum Gasteiger partial charge on any atom is 0.277 e. The summed E-state index contributed by atoms with van der Waals surface area (Å²) in [6, 6.07) is 0. The molecule has 0 bridgehead atoms. The van der Waals surface area contributed by atoms with E-state index in [1.165, 1.54) is 35.9 Å². The third-order valence-electron chi connectivity index (χ3n) is 3.64. The molecule has 1 heterocycles. The first-order valence-corrected chi connectivity index (χ1v) is 8.48. The average molecular weight is 326 g/mol. The maximum absolute atomic E-state index is 11.7. The van der Waals surface area contributed by atoms with E-state index in [9.17, 15) is 9.59 Å². The Morgan fingerprint density at radius 2 is 2.00 bits per heavy atom. The monoisotopic (exact) mass is 326 g/mol. The standard InChI is InChI=1S/C14H22N4O3S/c1-18(2)12(20)8-15-11(19)9-22-14-17-16-13(21-14)10-6-4-3-5-7-10/h10H,3-9H2,1-2H3,(H,15,19). The SMILES string of the molecule is CN(C)C(=O)CNC(=O)CSc1nnc(C2CCCCC2)o1. The van der Waals surface area contributed by atoms with Crippen LogP contribution in [0.15, 0.2) is 9.64 Å². The topological polar surface area (TPSA) is 88.3 Å². The number of hydrogen-bond acceptors (Lipinski definition) is 6. The zero-order valence-electron chi connectivity index (χ0n) is 13.0. The van der Waals surface area contributed by atoms with Crippen LogP contribution in [0.2, 0.25) is 0 Å². The Kier molecular flexibility index (Phi) is 6.23. The van der Waals surface area contributed by atoms with Gasteiger partial charge in [-0.15, -0.1) is 10.2 Å². The van der Waals surface area contributed by atoms with Gasteiger partial charge in [0.1, 0.15) is 0 Å². The molecule has 1 saturated carbocycles. The van der Waals surface area contributed by atoms with Gasteiger partial charge < -0.3 is 14.6 Å². The van der Waals surface area contributed by atoms with Crippen LogP contribution in [-0.2, 0) is 9.59 Å². The lowest BCUT2D eigenvalue weighted by atomic mass is 9.89. The predicted octanol–water partition coefficient (Wildman–Crippen LogP) is 1.41. The Labute approximate surface area is 134 Å². The summed E-state index contributed by atoms with van der Waals surface area (Å²) >= 11 is 1.20. The molecule has 0 spiro atoms. The number of nitrogens with one attached hydrogen (secondary N) is 1. The fourth-order valence-electron chi connectivity index (χ4n) is 2.30. The number of carbonyl (C=O) groups excluding carboxylic acids is 2. The second-order valence-corrected chi connectivity index (χ2v) is 6.52. The zero-order chi connectivity index (χ0) is 15.9. The molecule has 1 aromatic heterocycles. The molecule has 1 aliphatic rings. The molecule has 7 nitrogen and oxygen atoms in total. The molecule has 1 aliphatic carbocycles. The number of nitrogens with zero attached hydrogens (tertiary/aromatic N) is 3. The number of thioether (sulfide) groups is 1. The molecule has 0 saturated heterocycles. The van der Waals surface area contributed by atoms with E-state index in [1.807, 2.05) is 0 Å². The van der Waals surface area contributed by atoms with Gasteiger partial charge in [-0.25, -0.2) is 0 Å². The number of amides is 2. The Bertz CT molecular complexity index is 512. The molecule has 8 heteroatoms. The van der Waals surface area contributed by atoms with Crippen LogP contribution in [0.4, 0.5) is 0 Å². The highest BCUT2D eigenvalue weighted by Crippen LogP contribution is 2.32. The summed E-state index contributed by atoms with van der Waals surface area (Å²) in [5, 5.41) is 11.0. The molecule has 122 valence electrons. The molecule has 2 rings (SSSR count). The van der Waals surface area contributed by atoms with Crippen LogP contribution >= 0.6 is 11.8 Å². The van der Waals surface area contributed by atoms with Crippen molar-refractivity contribution in [3.05, 3.63) is 5.89 Å². The van der Waals surface area contributed by atoms with Crippen molar-refractivity contribution in [2.45, 2.75) is 43.2 Å². The molecule has 2 amide bonds. The molecular weight excluding hydrogens is 304 g/mol. The lowest BCUT2D eigenvalue weighted by molar-refractivity contribution is -0.130. The minimum absolute atomic E-state index is 0.00352. The molecule has 0 aliphatic heterocycles. The maximum atomic E-state index is 11.7. The predicted molar refractivity (Wildman–Crippen MR) is 82.6 cm³/mol. The molecule has 0 radical (unpaired) electrons. The van der Waals surface area contributed by atoms with E-state index in [2.05, 4.69) is 15.5 Å². The van der Waals surface area contributed by atoms with Crippen LogP contribution in [0, 0.1) is 0 Å². The number of rotatable bonds is 6. The van der Waals surface area contributed by atoms with Crippen molar-refractivity contribution in [3.8, 4) is 0 Å². The summed E-state index contributed by atoms with van der Waals surface area (Å²) in [6.07, 6.45) is 5.88. The summed E-state index contributed by atoms with van der Waals surface area (Å²) in [5.74, 6) is 0.841. The van der Waals surface area contributed by atoms with Gasteiger partial charge in [-0.2, -0.15) is 0 Å². The summed E-state index contributed by atoms with van der Waals surface area (Å²) in [6.45, 7) is 0.00352. The van der Waals surface area contributed by atoms with Crippen LogP contribution in [0.25, 0.3) is 0 Å². The number of likely N-dealkylation sites (N-methyl/N-ethyl adjacent to an activating group) is 1. The molecule has 22 heavy (non-hydrogen) atoms. The second-order valence-electron chi connectivity index (χ2n) is 5.59. The van der Waals surface area contributed by atoms with E-state index in [0.717, 1.165) is 12.8 Å². The van der Waals surface area contributed by atoms with Crippen LogP contribution in [-0.4, -0.2) is 53.3 Å². The Balaban J connectivity index is 1.73. The van der Waals surface area contributed by atoms with E-state index in [4.69, 9.17) is 4.42 Å². The molecule has 1 aromatic rings. The van der Waals surface area contributed by atoms with Crippen LogP contribution < -0.4 is 5.32 Å². The smallest absolute Gasteiger partial charge is 0.277 e. The van der Waals surface area contributed by atoms with Gasteiger partial charge in [0.25, 0.3) is 5.22 Å². The lowest BCUT2D eigenvalue weighted by Gasteiger charge is -2.17. The van der Waals surface area contributed by atoms with E-state index in [0.29, 0.717) is 17.0 Å². The molecule has 0 unspecified atom stereocenters. The average Bonchev–Trinajstić information content (AvgIpc) is 3.00. The summed E-state index contributed by atoms with van der Waals surface area (Å²) in [5.41, 5.74) is 0. The number of carbonyl (C=O) groups is 2. The Hall–Kier alpha value is -1.57. The van der Waals surface area contributed by atoms with E-state index in [1.54, 1.807) is 14.1 Å². The van der Waals surface area contributed by atoms with Crippen LogP contribution in [0.5, 0.6) is 0 Å². The normalized spacial score (nSPS) is 15.5. The first kappa shape index (κ1) is 16.8. The number of hydrogen-bond donors (Lipinski definition) is 1. The first-order valence-electron chi connectivity index (χ1n) is 7.49. The lowest BCUT2D eigenvalue weighted by Crippen LogP contribution is -2.36. The van der Waals surface area contributed by atoms with E-state index >= 15 is 0 Å². The highest BCUT2D eigenvalue weighted by atomic mass is 32.2. The highest BCUT2D eigenvalue weighted by molar-refractivity contribution is 7.99. The minimum Gasteiger partial charge on any atom is -0.416 e. The quantitative estimate of drug-likeness (QED) is 0.795. The Morgan fingerprint density at radius 1 is 1.27 bits per heavy atom. The van der Waals surface area contributed by atoms with Gasteiger partial charge in [0, 0.05) is 20.0 Å². The highest BCUT2D eigenvalue weighted by Gasteiger charge is 2.21. The van der Waals surface area contributed by atoms with E-state index in [-0.39, 0.29) is 24.1 Å². The van der Waals surface area contributed by atoms with Crippen molar-refractivity contribution in [2.75, 3.05) is 26.4 Å². The van der Waals surface area contributed by atoms with Crippen molar-refractivity contribution in [1.29, 1.82) is 0 Å². The largest absolute Gasteiger partial charge is 0.416 e. The molecule has 0 atom stereocenters. The fraction of sp³-hybridized carbons (Fsp3) is 0.714. The molecule has 0 aromatic carbocycles. The molecule has 1 N–H and O–H groups in total. The molecular formula is C14H22N4O3S. The van der Waals surface area contributed by atoms with Gasteiger partial charge in [0.15, 0.2) is 0 Å². The van der Waals surface area contributed by atoms with Crippen molar-refractivity contribution in [2.24, 2.45) is 0 Å². The zero-order valence-corrected chi connectivity index (χ0v) is 13.8. The summed E-state index contributed by atoms with van der Waals surface area (Å²) in [7, 11) is 3.29. The van der Waals surface area contributed by atoms with E-state index < -0.39 is 0 Å². The minimum atomic E-state index is -0.224. The van der Waals surface area contributed by atoms with Gasteiger partial charge >= 0.3 is 0 Å². The second kappa shape index (κ2) is 8.17. The fourth-order valence-corrected chi connectivity index (χ4v) is 2.90. The van der Waals surface area contributed by atoms with Crippen molar-refractivity contribution < 1.29 is 14.0 Å². The van der Waals surface area contributed by atoms with Gasteiger partial charge in [-0.3, -0.25) is 9.59 Å². The van der Waals surface area contributed by atoms with Crippen molar-refractivity contribution >= 4 is 23.6 Å². The summed E-state index contributed by atoms with van der Waals surface area (Å²) in [4.78, 5) is 24.5. The third-order valence-corrected chi connectivity index (χ3v) is 4.46. The van der Waals surface area contributed by atoms with Gasteiger partial charge in [0.2, 0.25) is 17.7 Å².